The molecule has 0 spiro atoms. The Hall–Kier alpha value is -2.60. The Morgan fingerprint density at radius 3 is 2.43 bits per heavy atom. The van der Waals surface area contributed by atoms with Crippen LogP contribution in [0.1, 0.15) is 10.4 Å². The maximum atomic E-state index is 12.4. The van der Waals surface area contributed by atoms with Crippen LogP contribution in [0.25, 0.3) is 0 Å². The first-order valence-corrected chi connectivity index (χ1v) is 7.12. The summed E-state index contributed by atoms with van der Waals surface area (Å²) < 4.78 is 20.8. The Morgan fingerprint density at radius 2 is 1.78 bits per heavy atom. The summed E-state index contributed by atoms with van der Waals surface area (Å²) in [4.78, 5) is 12.4. The fraction of sp³-hybridized carbons (Fsp3) is 0.188. The molecule has 0 aliphatic carbocycles. The topological polar surface area (TPSA) is 66.0 Å². The monoisotopic (exact) mass is 335 g/mol. The van der Waals surface area contributed by atoms with E-state index in [1.165, 1.54) is 20.3 Å². The van der Waals surface area contributed by atoms with Crippen molar-refractivity contribution in [1.82, 2.24) is 0 Å². The quantitative estimate of drug-likeness (QED) is 0.928. The number of benzene rings is 2. The zero-order chi connectivity index (χ0) is 16.4. The van der Waals surface area contributed by atoms with E-state index in [1.807, 2.05) is 0 Å². The van der Waals surface area contributed by atoms with Crippen LogP contribution in [0.2, 0.25) is 5.02 Å². The molecule has 1 amide bonds. The molecule has 2 aromatic carbocycles. The van der Waals surface area contributed by atoms with E-state index >= 15 is 0 Å². The van der Waals surface area contributed by atoms with Gasteiger partial charge in [0.1, 0.15) is 11.5 Å². The minimum Gasteiger partial charge on any atom is -0.497 e. The second kappa shape index (κ2) is 6.26. The molecule has 1 N–H and O–H groups in total. The number of amides is 1. The van der Waals surface area contributed by atoms with Crippen molar-refractivity contribution in [3.05, 3.63) is 40.9 Å². The third kappa shape index (κ3) is 3.12. The molecule has 0 saturated heterocycles. The Morgan fingerprint density at radius 1 is 1.09 bits per heavy atom. The van der Waals surface area contributed by atoms with Crippen molar-refractivity contribution in [2.24, 2.45) is 0 Å². The summed E-state index contributed by atoms with van der Waals surface area (Å²) in [6.07, 6.45) is 0. The summed E-state index contributed by atoms with van der Waals surface area (Å²) >= 11 is 6.09. The maximum Gasteiger partial charge on any atom is 0.255 e. The number of fused-ring (bicyclic) bond motifs is 1. The molecule has 0 fully saturated rings. The van der Waals surface area contributed by atoms with Gasteiger partial charge in [0.25, 0.3) is 5.91 Å². The summed E-state index contributed by atoms with van der Waals surface area (Å²) in [7, 11) is 3.08. The van der Waals surface area contributed by atoms with Gasteiger partial charge in [0.05, 0.1) is 19.2 Å². The van der Waals surface area contributed by atoms with E-state index in [0.717, 1.165) is 0 Å². The predicted octanol–water partition coefficient (Wildman–Crippen LogP) is 3.34. The van der Waals surface area contributed by atoms with E-state index in [1.54, 1.807) is 24.3 Å². The third-order valence-electron chi connectivity index (χ3n) is 3.30. The second-order valence-electron chi connectivity index (χ2n) is 4.75. The number of hydrogen-bond donors (Lipinski definition) is 1. The zero-order valence-electron chi connectivity index (χ0n) is 12.5. The second-order valence-corrected chi connectivity index (χ2v) is 5.15. The van der Waals surface area contributed by atoms with Gasteiger partial charge >= 0.3 is 0 Å². The molecule has 0 bridgehead atoms. The van der Waals surface area contributed by atoms with Gasteiger partial charge in [-0.1, -0.05) is 11.6 Å². The highest BCUT2D eigenvalue weighted by molar-refractivity contribution is 6.32. The van der Waals surface area contributed by atoms with Crippen LogP contribution in [0.5, 0.6) is 23.0 Å². The lowest BCUT2D eigenvalue weighted by atomic mass is 10.1. The van der Waals surface area contributed by atoms with Gasteiger partial charge in [-0.2, -0.15) is 0 Å². The van der Waals surface area contributed by atoms with Gasteiger partial charge < -0.3 is 24.3 Å². The Balaban J connectivity index is 1.86. The van der Waals surface area contributed by atoms with Crippen molar-refractivity contribution in [2.75, 3.05) is 26.3 Å². The molecular weight excluding hydrogens is 322 g/mol. The average molecular weight is 336 g/mol. The minimum atomic E-state index is -0.333. The first-order valence-electron chi connectivity index (χ1n) is 6.74. The van der Waals surface area contributed by atoms with E-state index in [2.05, 4.69) is 5.32 Å². The molecule has 120 valence electrons. The number of hydrogen-bond acceptors (Lipinski definition) is 5. The lowest BCUT2D eigenvalue weighted by molar-refractivity contribution is 0.102. The Labute approximate surface area is 137 Å². The molecule has 0 radical (unpaired) electrons. The first kappa shape index (κ1) is 15.3. The molecule has 0 aromatic heterocycles. The largest absolute Gasteiger partial charge is 0.497 e. The number of carbonyl (C=O) groups excluding carboxylic acids is 1. The fourth-order valence-electron chi connectivity index (χ4n) is 2.18. The molecule has 6 nitrogen and oxygen atoms in total. The summed E-state index contributed by atoms with van der Waals surface area (Å²) in [6.45, 7) is 0.0905. The van der Waals surface area contributed by atoms with E-state index in [9.17, 15) is 4.79 Å². The summed E-state index contributed by atoms with van der Waals surface area (Å²) in [5.41, 5.74) is 0.904. The number of halogens is 1. The first-order chi connectivity index (χ1) is 11.1. The molecule has 23 heavy (non-hydrogen) atoms. The number of carbonyl (C=O) groups is 1. The highest BCUT2D eigenvalue weighted by Gasteiger charge is 2.21. The van der Waals surface area contributed by atoms with E-state index in [-0.39, 0.29) is 12.7 Å². The van der Waals surface area contributed by atoms with E-state index in [0.29, 0.717) is 39.3 Å². The number of ether oxygens (including phenoxy) is 4. The van der Waals surface area contributed by atoms with Crippen molar-refractivity contribution < 1.29 is 23.7 Å². The highest BCUT2D eigenvalue weighted by Crippen LogP contribution is 2.40. The molecule has 0 atom stereocenters. The molecule has 0 saturated carbocycles. The Bertz CT molecular complexity index is 740. The highest BCUT2D eigenvalue weighted by atomic mass is 35.5. The fourth-order valence-corrected chi connectivity index (χ4v) is 2.45. The third-order valence-corrected chi connectivity index (χ3v) is 3.58. The van der Waals surface area contributed by atoms with Crippen molar-refractivity contribution >= 4 is 23.2 Å². The van der Waals surface area contributed by atoms with Gasteiger partial charge in [0.15, 0.2) is 11.5 Å². The maximum absolute atomic E-state index is 12.4. The minimum absolute atomic E-state index is 0.0905. The van der Waals surface area contributed by atoms with Crippen molar-refractivity contribution in [2.45, 2.75) is 0 Å². The standard InChI is InChI=1S/C16H14ClNO5/c1-20-11-5-10(6-12(7-11)21-2)18-16(19)9-3-13(17)15-14(4-9)22-8-23-15/h3-7H,8H2,1-2H3,(H,18,19). The summed E-state index contributed by atoms with van der Waals surface area (Å²) in [6, 6.07) is 8.21. The van der Waals surface area contributed by atoms with Crippen molar-refractivity contribution in [3.63, 3.8) is 0 Å². The molecule has 1 aliphatic heterocycles. The number of nitrogens with one attached hydrogen (secondary N) is 1. The van der Waals surface area contributed by atoms with E-state index < -0.39 is 0 Å². The lowest BCUT2D eigenvalue weighted by Gasteiger charge is -2.10. The SMILES string of the molecule is COc1cc(NC(=O)c2cc(Cl)c3c(c2)OCO3)cc(OC)c1. The van der Waals surface area contributed by atoms with Crippen LogP contribution in [0, 0.1) is 0 Å². The van der Waals surface area contributed by atoms with Crippen LogP contribution >= 0.6 is 11.6 Å². The smallest absolute Gasteiger partial charge is 0.255 e. The predicted molar refractivity (Wildman–Crippen MR) is 85.1 cm³/mol. The molecule has 0 unspecified atom stereocenters. The Kier molecular flexibility index (Phi) is 4.16. The van der Waals surface area contributed by atoms with Gasteiger partial charge in [-0.05, 0) is 12.1 Å². The molecular formula is C16H14ClNO5. The van der Waals surface area contributed by atoms with Crippen LogP contribution in [-0.2, 0) is 0 Å². The summed E-state index contributed by atoms with van der Waals surface area (Å²) in [5, 5.41) is 3.10. The van der Waals surface area contributed by atoms with Gasteiger partial charge in [0, 0.05) is 29.4 Å². The van der Waals surface area contributed by atoms with Gasteiger partial charge in [0.2, 0.25) is 6.79 Å². The normalized spacial score (nSPS) is 12.0. The van der Waals surface area contributed by atoms with Crippen molar-refractivity contribution in [3.8, 4) is 23.0 Å². The number of methoxy groups -OCH3 is 2. The number of anilines is 1. The van der Waals surface area contributed by atoms with Gasteiger partial charge in [-0.25, -0.2) is 0 Å². The van der Waals surface area contributed by atoms with Crippen LogP contribution < -0.4 is 24.3 Å². The molecule has 2 aromatic rings. The van der Waals surface area contributed by atoms with Gasteiger partial charge in [-0.15, -0.1) is 0 Å². The van der Waals surface area contributed by atoms with Crippen LogP contribution in [0.3, 0.4) is 0 Å². The molecule has 3 rings (SSSR count). The van der Waals surface area contributed by atoms with Crippen molar-refractivity contribution in [1.29, 1.82) is 0 Å². The van der Waals surface area contributed by atoms with Crippen LogP contribution in [0.15, 0.2) is 30.3 Å². The van der Waals surface area contributed by atoms with E-state index in [4.69, 9.17) is 30.5 Å². The molecule has 7 heteroatoms. The summed E-state index contributed by atoms with van der Waals surface area (Å²) in [5.74, 6) is 1.71. The van der Waals surface area contributed by atoms with Gasteiger partial charge in [-0.3, -0.25) is 4.79 Å². The van der Waals surface area contributed by atoms with Crippen LogP contribution in [0.4, 0.5) is 5.69 Å². The lowest BCUT2D eigenvalue weighted by Crippen LogP contribution is -2.12. The average Bonchev–Trinajstić information content (AvgIpc) is 3.03. The zero-order valence-corrected chi connectivity index (χ0v) is 13.3. The van der Waals surface area contributed by atoms with Crippen LogP contribution in [-0.4, -0.2) is 26.9 Å². The number of rotatable bonds is 4. The molecule has 1 heterocycles. The molecule has 1 aliphatic rings.